The minimum absolute atomic E-state index is 0.000145. The summed E-state index contributed by atoms with van der Waals surface area (Å²) >= 11 is 0. The monoisotopic (exact) mass is 674 g/mol. The molecule has 0 N–H and O–H groups in total. The maximum absolute atomic E-state index is 14.1. The van der Waals surface area contributed by atoms with Crippen LogP contribution in [0.25, 0.3) is 0 Å². The molecule has 5 rings (SSSR count). The molecule has 12 heteroatoms. The highest BCUT2D eigenvalue weighted by atomic mass is 32.2. The van der Waals surface area contributed by atoms with Crippen molar-refractivity contribution >= 4 is 24.0 Å². The minimum Gasteiger partial charge on any atom is -0.411 e. The van der Waals surface area contributed by atoms with Gasteiger partial charge in [0.15, 0.2) is 13.2 Å². The van der Waals surface area contributed by atoms with Crippen LogP contribution in [0.4, 0.5) is 5.69 Å². The maximum atomic E-state index is 14.1. The van der Waals surface area contributed by atoms with Crippen LogP contribution in [0.15, 0.2) is 59.5 Å². The molecule has 0 amide bonds. The van der Waals surface area contributed by atoms with E-state index in [1.807, 2.05) is 18.2 Å². The highest BCUT2D eigenvalue weighted by molar-refractivity contribution is 7.89. The van der Waals surface area contributed by atoms with E-state index in [0.717, 1.165) is 24.8 Å². The molecule has 1 unspecified atom stereocenters. The summed E-state index contributed by atoms with van der Waals surface area (Å²) in [5.41, 5.74) is 0.263. The first-order chi connectivity index (χ1) is 21.7. The van der Waals surface area contributed by atoms with Gasteiger partial charge >= 0.3 is 0 Å². The van der Waals surface area contributed by atoms with E-state index in [1.54, 1.807) is 7.11 Å². The summed E-state index contributed by atoms with van der Waals surface area (Å²) in [6, 6.07) is 15.7. The fraction of sp³-hybridized carbons (Fsp3) is 0.647. The topological polar surface area (TPSA) is 117 Å². The second-order valence-electron chi connectivity index (χ2n) is 14.6. The van der Waals surface area contributed by atoms with Gasteiger partial charge in [-0.05, 0) is 73.7 Å². The van der Waals surface area contributed by atoms with Crippen molar-refractivity contribution in [2.75, 3.05) is 27.0 Å². The largest absolute Gasteiger partial charge is 0.411 e. The minimum atomic E-state index is -4.14. The van der Waals surface area contributed by atoms with Gasteiger partial charge in [-0.25, -0.2) is 8.42 Å². The molecule has 1 heterocycles. The fourth-order valence-electron chi connectivity index (χ4n) is 7.95. The summed E-state index contributed by atoms with van der Waals surface area (Å²) in [6.07, 6.45) is 3.17. The van der Waals surface area contributed by atoms with Crippen molar-refractivity contribution < 1.29 is 32.0 Å². The van der Waals surface area contributed by atoms with Crippen LogP contribution >= 0.6 is 0 Å². The molecule has 1 spiro atoms. The molecule has 254 valence electrons. The van der Waals surface area contributed by atoms with Crippen LogP contribution in [0.5, 0.6) is 0 Å². The Morgan fingerprint density at radius 1 is 0.978 bits per heavy atom. The third-order valence-corrected chi connectivity index (χ3v) is 17.6. The highest BCUT2D eigenvalue weighted by Gasteiger charge is 2.64. The number of rotatable bonds is 11. The molecule has 2 aromatic rings. The average Bonchev–Trinajstić information content (AvgIpc) is 3.17. The summed E-state index contributed by atoms with van der Waals surface area (Å²) in [7, 11) is -4.72. The Labute approximate surface area is 275 Å². The van der Waals surface area contributed by atoms with E-state index in [1.165, 1.54) is 28.6 Å². The average molecular weight is 675 g/mol. The third kappa shape index (κ3) is 6.72. The molecule has 3 aliphatic rings. The first-order valence-corrected chi connectivity index (χ1v) is 20.7. The predicted octanol–water partition coefficient (Wildman–Crippen LogP) is 6.76. The number of nitrogens with zero attached hydrogens (tertiary/aromatic N) is 2. The molecule has 0 radical (unpaired) electrons. The molecular formula is C34H50N2O8SSi. The molecular weight excluding hydrogens is 625 g/mol. The number of hydrogen-bond acceptors (Lipinski definition) is 8. The van der Waals surface area contributed by atoms with Crippen molar-refractivity contribution in [2.24, 2.45) is 17.3 Å². The normalized spacial score (nSPS) is 29.1. The lowest BCUT2D eigenvalue weighted by Gasteiger charge is -2.54. The molecule has 0 bridgehead atoms. The summed E-state index contributed by atoms with van der Waals surface area (Å²) in [4.78, 5) is 10.9. The van der Waals surface area contributed by atoms with Crippen molar-refractivity contribution in [1.29, 1.82) is 0 Å². The Morgan fingerprint density at radius 3 is 2.35 bits per heavy atom. The van der Waals surface area contributed by atoms with Crippen molar-refractivity contribution in [1.82, 2.24) is 4.31 Å². The van der Waals surface area contributed by atoms with Gasteiger partial charge in [-0.2, -0.15) is 4.31 Å². The third-order valence-electron chi connectivity index (χ3n) is 11.2. The van der Waals surface area contributed by atoms with Gasteiger partial charge in [0.25, 0.3) is 5.69 Å². The van der Waals surface area contributed by atoms with Gasteiger partial charge < -0.3 is 18.6 Å². The van der Waals surface area contributed by atoms with Gasteiger partial charge in [0.2, 0.25) is 10.0 Å². The number of para-hydroxylation sites is 1. The van der Waals surface area contributed by atoms with Crippen LogP contribution in [0, 0.1) is 27.4 Å². The smallest absolute Gasteiger partial charge is 0.289 e. The molecule has 10 nitrogen and oxygen atoms in total. The van der Waals surface area contributed by atoms with Gasteiger partial charge in [0.1, 0.15) is 6.79 Å². The number of ether oxygens (including phenoxy) is 3. The van der Waals surface area contributed by atoms with Crippen molar-refractivity contribution in [3.05, 3.63) is 70.3 Å². The molecule has 2 aromatic carbocycles. The summed E-state index contributed by atoms with van der Waals surface area (Å²) < 4.78 is 55.6. The molecule has 3 fully saturated rings. The first kappa shape index (κ1) is 35.1. The Hall–Kier alpha value is -2.19. The van der Waals surface area contributed by atoms with Crippen LogP contribution < -0.4 is 0 Å². The van der Waals surface area contributed by atoms with Crippen molar-refractivity contribution in [3.8, 4) is 0 Å². The zero-order chi connectivity index (χ0) is 33.3. The van der Waals surface area contributed by atoms with E-state index in [2.05, 4.69) is 46.0 Å². The molecule has 1 saturated heterocycles. The van der Waals surface area contributed by atoms with Crippen molar-refractivity contribution in [2.45, 2.75) is 101 Å². The summed E-state index contributed by atoms with van der Waals surface area (Å²) in [5, 5.41) is 11.8. The number of hydrogen-bond donors (Lipinski definition) is 0. The van der Waals surface area contributed by atoms with E-state index >= 15 is 0 Å². The molecule has 1 aliphatic heterocycles. The zero-order valence-corrected chi connectivity index (χ0v) is 29.8. The Bertz CT molecular complexity index is 1470. The van der Waals surface area contributed by atoms with Crippen LogP contribution in [0.3, 0.4) is 0 Å². The lowest BCUT2D eigenvalue weighted by atomic mass is 9.59. The predicted molar refractivity (Wildman–Crippen MR) is 178 cm³/mol. The number of benzene rings is 2. The molecule has 6 atom stereocenters. The fourth-order valence-corrected chi connectivity index (χ4v) is 10.9. The van der Waals surface area contributed by atoms with Gasteiger partial charge in [0, 0.05) is 31.7 Å². The van der Waals surface area contributed by atoms with Gasteiger partial charge in [-0.3, -0.25) is 10.1 Å². The van der Waals surface area contributed by atoms with E-state index in [0.29, 0.717) is 19.4 Å². The van der Waals surface area contributed by atoms with E-state index in [4.69, 9.17) is 18.6 Å². The van der Waals surface area contributed by atoms with E-state index < -0.39 is 34.4 Å². The Kier molecular flexibility index (Phi) is 10.5. The molecule has 2 saturated carbocycles. The second kappa shape index (κ2) is 13.7. The lowest BCUT2D eigenvalue weighted by Crippen LogP contribution is -2.59. The first-order valence-electron chi connectivity index (χ1n) is 16.4. The Balaban J connectivity index is 1.53. The van der Waals surface area contributed by atoms with E-state index in [9.17, 15) is 18.5 Å². The van der Waals surface area contributed by atoms with Gasteiger partial charge in [-0.15, -0.1) is 0 Å². The quantitative estimate of drug-likeness (QED) is 0.111. The number of nitro groups is 1. The van der Waals surface area contributed by atoms with Gasteiger partial charge in [-0.1, -0.05) is 63.2 Å². The molecule has 0 aromatic heterocycles. The SMILES string of the molecule is COCO[C@@H]1[C@@H](O[Si](C)(C)C(C)(C)C)CCC2C[C@@H](OCc3ccccc3)[C@@H]3CCN(S(=O)(=O)c4ccccc4[N+](=O)[O-])CC[C@@]213. The number of nitro benzene ring substituents is 1. The molecule has 2 aliphatic carbocycles. The maximum Gasteiger partial charge on any atom is 0.289 e. The summed E-state index contributed by atoms with van der Waals surface area (Å²) in [6.45, 7) is 12.3. The highest BCUT2D eigenvalue weighted by Crippen LogP contribution is 2.62. The van der Waals surface area contributed by atoms with Crippen LogP contribution in [0.1, 0.15) is 58.4 Å². The van der Waals surface area contributed by atoms with Crippen LogP contribution in [-0.2, 0) is 35.3 Å². The number of sulfonamides is 1. The van der Waals surface area contributed by atoms with E-state index in [-0.39, 0.29) is 60.0 Å². The summed E-state index contributed by atoms with van der Waals surface area (Å²) in [5.74, 6) is 0.243. The van der Waals surface area contributed by atoms with Gasteiger partial charge in [0.05, 0.1) is 29.8 Å². The zero-order valence-electron chi connectivity index (χ0n) is 28.0. The second-order valence-corrected chi connectivity index (χ2v) is 21.3. The lowest BCUT2D eigenvalue weighted by molar-refractivity contribution is -0.387. The number of methoxy groups -OCH3 is 1. The molecule has 46 heavy (non-hydrogen) atoms. The van der Waals surface area contributed by atoms with Crippen LogP contribution in [-0.4, -0.2) is 71.3 Å². The standard InChI is InChI=1S/C34H50N2O8SSi/c1-33(2,3)46(5,6)44-29-17-16-26-22-30(42-23-25-12-8-7-9-13-25)27-18-20-35(21-19-34(26,27)32(29)43-24-41-4)45(39,40)31-15-11-10-14-28(31)36(37)38/h7-15,26-27,29-30,32H,16-24H2,1-6H3/t26?,27-,29-,30+,32+,34-/m0/s1. The van der Waals surface area contributed by atoms with Crippen molar-refractivity contribution in [3.63, 3.8) is 0 Å². The van der Waals surface area contributed by atoms with Crippen LogP contribution in [0.2, 0.25) is 18.1 Å². The Morgan fingerprint density at radius 2 is 1.67 bits per heavy atom.